The third-order valence-electron chi connectivity index (χ3n) is 6.43. The maximum Gasteiger partial charge on any atom is 0.409 e. The Morgan fingerprint density at radius 2 is 1.88 bits per heavy atom. The number of carbonyl (C=O) groups excluding carboxylic acids is 1. The standard InChI is InChI=1S/C26H33N3O5/c1-4-33-19-11-9-18(10-12-19)21-17-22(20-7-6-8-23(32-3)24(20)30)28-26(27-21)13-15-29(16-14-26)25(31)34-5-2/h6-12,22,28,30H,4-5,13-17H2,1-3H3. The Kier molecular flexibility index (Phi) is 7.26. The van der Waals surface area contributed by atoms with Gasteiger partial charge in [0.1, 0.15) is 11.4 Å². The van der Waals surface area contributed by atoms with Crippen LogP contribution in [0.2, 0.25) is 0 Å². The van der Waals surface area contributed by atoms with Crippen LogP contribution in [0.4, 0.5) is 4.79 Å². The minimum atomic E-state index is -0.546. The highest BCUT2D eigenvalue weighted by atomic mass is 16.6. The summed E-state index contributed by atoms with van der Waals surface area (Å²) in [5.74, 6) is 1.39. The van der Waals surface area contributed by atoms with Crippen LogP contribution in [0.1, 0.15) is 50.3 Å². The molecule has 0 aliphatic carbocycles. The largest absolute Gasteiger partial charge is 0.504 e. The van der Waals surface area contributed by atoms with Crippen LogP contribution in [0.15, 0.2) is 47.5 Å². The lowest BCUT2D eigenvalue weighted by Gasteiger charge is -2.45. The van der Waals surface area contributed by atoms with E-state index in [-0.39, 0.29) is 17.9 Å². The summed E-state index contributed by atoms with van der Waals surface area (Å²) in [7, 11) is 1.55. The van der Waals surface area contributed by atoms with Crippen LogP contribution >= 0.6 is 0 Å². The Labute approximate surface area is 200 Å². The lowest BCUT2D eigenvalue weighted by Crippen LogP contribution is -2.56. The summed E-state index contributed by atoms with van der Waals surface area (Å²) < 4.78 is 16.1. The van der Waals surface area contributed by atoms with Crippen LogP contribution in [0.25, 0.3) is 0 Å². The molecule has 0 bridgehead atoms. The summed E-state index contributed by atoms with van der Waals surface area (Å²) in [5.41, 5.74) is 2.20. The molecule has 182 valence electrons. The van der Waals surface area contributed by atoms with E-state index in [0.29, 0.717) is 51.3 Å². The molecule has 0 radical (unpaired) electrons. The van der Waals surface area contributed by atoms with E-state index in [2.05, 4.69) is 5.32 Å². The number of benzene rings is 2. The van der Waals surface area contributed by atoms with Crippen molar-refractivity contribution in [3.63, 3.8) is 0 Å². The fourth-order valence-corrected chi connectivity index (χ4v) is 4.70. The second-order valence-corrected chi connectivity index (χ2v) is 8.53. The molecule has 2 heterocycles. The molecule has 8 nitrogen and oxygen atoms in total. The second-order valence-electron chi connectivity index (χ2n) is 8.53. The number of ether oxygens (including phenoxy) is 3. The van der Waals surface area contributed by atoms with Crippen molar-refractivity contribution in [1.29, 1.82) is 0 Å². The zero-order valence-corrected chi connectivity index (χ0v) is 20.0. The fourth-order valence-electron chi connectivity index (χ4n) is 4.70. The van der Waals surface area contributed by atoms with Crippen molar-refractivity contribution in [2.45, 2.75) is 44.8 Å². The predicted octanol–water partition coefficient (Wildman–Crippen LogP) is 4.27. The summed E-state index contributed by atoms with van der Waals surface area (Å²) in [4.78, 5) is 19.1. The first-order valence-electron chi connectivity index (χ1n) is 11.9. The molecule has 1 unspecified atom stereocenters. The fraction of sp³-hybridized carbons (Fsp3) is 0.462. The van der Waals surface area contributed by atoms with Gasteiger partial charge in [0.25, 0.3) is 0 Å². The summed E-state index contributed by atoms with van der Waals surface area (Å²) in [6.45, 7) is 5.83. The van der Waals surface area contributed by atoms with Crippen molar-refractivity contribution in [3.8, 4) is 17.2 Å². The number of nitrogens with one attached hydrogen (secondary N) is 1. The Morgan fingerprint density at radius 3 is 2.53 bits per heavy atom. The minimum absolute atomic E-state index is 0.134. The van der Waals surface area contributed by atoms with Gasteiger partial charge in [-0.3, -0.25) is 10.3 Å². The molecule has 1 saturated heterocycles. The van der Waals surface area contributed by atoms with Gasteiger partial charge in [-0.2, -0.15) is 0 Å². The highest BCUT2D eigenvalue weighted by Gasteiger charge is 2.41. The molecule has 2 aromatic carbocycles. The first-order valence-corrected chi connectivity index (χ1v) is 11.9. The summed E-state index contributed by atoms with van der Waals surface area (Å²) >= 11 is 0. The number of likely N-dealkylation sites (tertiary alicyclic amines) is 1. The number of piperidine rings is 1. The monoisotopic (exact) mass is 467 g/mol. The molecule has 4 rings (SSSR count). The number of phenolic OH excluding ortho intramolecular Hbond substituents is 1. The van der Waals surface area contributed by atoms with Crippen LogP contribution in [0.5, 0.6) is 17.2 Å². The van der Waals surface area contributed by atoms with Gasteiger partial charge < -0.3 is 24.2 Å². The molecular weight excluding hydrogens is 434 g/mol. The Hall–Kier alpha value is -3.26. The first-order chi connectivity index (χ1) is 16.5. The summed E-state index contributed by atoms with van der Waals surface area (Å²) in [5, 5.41) is 14.6. The van der Waals surface area contributed by atoms with Gasteiger partial charge in [-0.25, -0.2) is 4.79 Å². The number of methoxy groups -OCH3 is 1. The molecule has 2 N–H and O–H groups in total. The summed E-state index contributed by atoms with van der Waals surface area (Å²) in [6.07, 6.45) is 1.62. The number of para-hydroxylation sites is 1. The van der Waals surface area contributed by atoms with E-state index in [1.165, 1.54) is 0 Å². The van der Waals surface area contributed by atoms with Gasteiger partial charge in [-0.15, -0.1) is 0 Å². The van der Waals surface area contributed by atoms with Crippen molar-refractivity contribution < 1.29 is 24.1 Å². The zero-order chi connectivity index (χ0) is 24.1. The molecule has 2 aliphatic heterocycles. The Balaban J connectivity index is 1.66. The molecule has 2 aliphatic rings. The van der Waals surface area contributed by atoms with Crippen LogP contribution in [-0.4, -0.2) is 60.9 Å². The van der Waals surface area contributed by atoms with Crippen LogP contribution in [0.3, 0.4) is 0 Å². The number of nitrogens with zero attached hydrogens (tertiary/aromatic N) is 2. The topological polar surface area (TPSA) is 92.6 Å². The maximum atomic E-state index is 12.2. The number of carbonyl (C=O) groups is 1. The molecule has 1 spiro atoms. The summed E-state index contributed by atoms with van der Waals surface area (Å²) in [6, 6.07) is 13.3. The van der Waals surface area contributed by atoms with Gasteiger partial charge in [0.05, 0.1) is 20.3 Å². The van der Waals surface area contributed by atoms with E-state index in [4.69, 9.17) is 19.2 Å². The molecule has 2 aromatic rings. The first kappa shape index (κ1) is 23.9. The predicted molar refractivity (Wildman–Crippen MR) is 130 cm³/mol. The number of hydrogen-bond donors (Lipinski definition) is 2. The average Bonchev–Trinajstić information content (AvgIpc) is 2.85. The Morgan fingerprint density at radius 1 is 1.15 bits per heavy atom. The number of phenols is 1. The van der Waals surface area contributed by atoms with E-state index in [1.54, 1.807) is 18.1 Å². The molecule has 8 heteroatoms. The third-order valence-corrected chi connectivity index (χ3v) is 6.43. The van der Waals surface area contributed by atoms with Crippen LogP contribution < -0.4 is 14.8 Å². The molecule has 0 aromatic heterocycles. The number of rotatable bonds is 6. The van der Waals surface area contributed by atoms with Gasteiger partial charge in [0, 0.05) is 49.7 Å². The van der Waals surface area contributed by atoms with Gasteiger partial charge in [0.2, 0.25) is 0 Å². The van der Waals surface area contributed by atoms with E-state index < -0.39 is 5.66 Å². The normalized spacial score (nSPS) is 19.4. The number of amides is 1. The number of aromatic hydroxyl groups is 1. The van der Waals surface area contributed by atoms with Crippen LogP contribution in [0, 0.1) is 0 Å². The van der Waals surface area contributed by atoms with Crippen LogP contribution in [-0.2, 0) is 4.74 Å². The zero-order valence-electron chi connectivity index (χ0n) is 20.0. The smallest absolute Gasteiger partial charge is 0.409 e. The SMILES string of the molecule is CCOC(=O)N1CCC2(CC1)N=C(c1ccc(OCC)cc1)CC(c1cccc(OC)c1O)N2. The van der Waals surface area contributed by atoms with Crippen molar-refractivity contribution in [3.05, 3.63) is 53.6 Å². The van der Waals surface area contributed by atoms with Gasteiger partial charge in [-0.1, -0.05) is 12.1 Å². The average molecular weight is 468 g/mol. The number of aliphatic imine (C=N–C) groups is 1. The van der Waals surface area contributed by atoms with E-state index in [1.807, 2.05) is 50.2 Å². The van der Waals surface area contributed by atoms with Gasteiger partial charge in [0.15, 0.2) is 11.5 Å². The minimum Gasteiger partial charge on any atom is -0.504 e. The van der Waals surface area contributed by atoms with Crippen molar-refractivity contribution in [2.75, 3.05) is 33.4 Å². The van der Waals surface area contributed by atoms with E-state index >= 15 is 0 Å². The third kappa shape index (κ3) is 4.97. The van der Waals surface area contributed by atoms with Crippen molar-refractivity contribution >= 4 is 11.8 Å². The van der Waals surface area contributed by atoms with Gasteiger partial charge >= 0.3 is 6.09 Å². The maximum absolute atomic E-state index is 12.2. The number of hydrogen-bond acceptors (Lipinski definition) is 7. The van der Waals surface area contributed by atoms with Crippen molar-refractivity contribution in [2.24, 2.45) is 4.99 Å². The molecule has 1 atom stereocenters. The molecule has 0 saturated carbocycles. The van der Waals surface area contributed by atoms with E-state index in [9.17, 15) is 9.90 Å². The second kappa shape index (κ2) is 10.3. The highest BCUT2D eigenvalue weighted by Crippen LogP contribution is 2.40. The Bertz CT molecular complexity index is 1030. The lowest BCUT2D eigenvalue weighted by atomic mass is 9.87. The van der Waals surface area contributed by atoms with Crippen molar-refractivity contribution in [1.82, 2.24) is 10.2 Å². The quantitative estimate of drug-likeness (QED) is 0.659. The highest BCUT2D eigenvalue weighted by molar-refractivity contribution is 6.02. The molecular formula is C26H33N3O5. The lowest BCUT2D eigenvalue weighted by molar-refractivity contribution is 0.0778. The molecule has 1 amide bonds. The molecule has 34 heavy (non-hydrogen) atoms. The molecule has 1 fully saturated rings. The van der Waals surface area contributed by atoms with E-state index in [0.717, 1.165) is 22.6 Å². The van der Waals surface area contributed by atoms with Gasteiger partial charge in [-0.05, 0) is 49.7 Å².